The Morgan fingerprint density at radius 1 is 1.30 bits per heavy atom. The first kappa shape index (κ1) is 16.1. The van der Waals surface area contributed by atoms with Crippen molar-refractivity contribution >= 4 is 6.03 Å². The van der Waals surface area contributed by atoms with Crippen LogP contribution in [0.4, 0.5) is 18.0 Å². The molecule has 0 aliphatic heterocycles. The molecule has 0 saturated carbocycles. The summed E-state index contributed by atoms with van der Waals surface area (Å²) in [7, 11) is 1.30. The summed E-state index contributed by atoms with van der Waals surface area (Å²) in [5, 5.41) is 2.58. The van der Waals surface area contributed by atoms with Crippen molar-refractivity contribution < 1.29 is 27.5 Å². The number of alkyl halides is 3. The Morgan fingerprint density at radius 2 is 1.90 bits per heavy atom. The molecule has 0 spiro atoms. The third-order valence-electron chi connectivity index (χ3n) is 2.32. The highest BCUT2D eigenvalue weighted by Crippen LogP contribution is 2.20. The molecule has 0 radical (unpaired) electrons. The number of hydrogen-bond donors (Lipinski definition) is 2. The number of halogens is 3. The van der Waals surface area contributed by atoms with Crippen LogP contribution in [0.2, 0.25) is 0 Å². The van der Waals surface area contributed by atoms with Crippen LogP contribution in [0.3, 0.4) is 0 Å². The summed E-state index contributed by atoms with van der Waals surface area (Å²) < 4.78 is 40.5. The number of rotatable bonds is 5. The van der Waals surface area contributed by atoms with Gasteiger partial charge in [-0.25, -0.2) is 10.3 Å². The molecule has 2 N–H and O–H groups in total. The standard InChI is InChI=1S/C12H15F3N2O3/c1-8(16-11(18)17-19-2)9-3-5-10(6-4-9)20-7-12(13,14)15/h3-6,8H,7H2,1-2H3,(H2,16,17,18)/t8-/m1/s1. The molecule has 2 amide bonds. The second kappa shape index (κ2) is 6.99. The Kier molecular flexibility index (Phi) is 5.63. The second-order valence-corrected chi connectivity index (χ2v) is 3.97. The van der Waals surface area contributed by atoms with Gasteiger partial charge in [0, 0.05) is 0 Å². The lowest BCUT2D eigenvalue weighted by atomic mass is 10.1. The molecule has 0 aliphatic rings. The summed E-state index contributed by atoms with van der Waals surface area (Å²) in [5.74, 6) is 0.111. The van der Waals surface area contributed by atoms with Crippen LogP contribution in [0.1, 0.15) is 18.5 Å². The lowest BCUT2D eigenvalue weighted by Gasteiger charge is -2.15. The van der Waals surface area contributed by atoms with Crippen molar-refractivity contribution in [2.24, 2.45) is 0 Å². The van der Waals surface area contributed by atoms with Crippen molar-refractivity contribution in [1.29, 1.82) is 0 Å². The number of hydrogen-bond acceptors (Lipinski definition) is 3. The minimum absolute atomic E-state index is 0.111. The first-order chi connectivity index (χ1) is 9.31. The van der Waals surface area contributed by atoms with Crippen molar-refractivity contribution in [2.45, 2.75) is 19.1 Å². The predicted molar refractivity (Wildman–Crippen MR) is 65.1 cm³/mol. The SMILES string of the molecule is CONC(=O)N[C@H](C)c1ccc(OCC(F)(F)F)cc1. The molecule has 8 heteroatoms. The number of nitrogens with one attached hydrogen (secondary N) is 2. The zero-order chi connectivity index (χ0) is 15.2. The van der Waals surface area contributed by atoms with Gasteiger partial charge in [0.15, 0.2) is 6.61 Å². The number of carbonyl (C=O) groups excluding carboxylic acids is 1. The number of carbonyl (C=O) groups is 1. The molecule has 0 aliphatic carbocycles. The van der Waals surface area contributed by atoms with E-state index >= 15 is 0 Å². The lowest BCUT2D eigenvalue weighted by molar-refractivity contribution is -0.153. The topological polar surface area (TPSA) is 59.6 Å². The largest absolute Gasteiger partial charge is 0.484 e. The average molecular weight is 292 g/mol. The number of benzene rings is 1. The summed E-state index contributed by atoms with van der Waals surface area (Å²) in [6.45, 7) is 0.386. The molecular formula is C12H15F3N2O3. The van der Waals surface area contributed by atoms with Crippen LogP contribution >= 0.6 is 0 Å². The summed E-state index contributed by atoms with van der Waals surface area (Å²) in [4.78, 5) is 15.6. The molecule has 1 atom stereocenters. The lowest BCUT2D eigenvalue weighted by Crippen LogP contribution is -2.36. The molecule has 112 valence electrons. The van der Waals surface area contributed by atoms with Gasteiger partial charge in [0.05, 0.1) is 13.2 Å². The Bertz CT molecular complexity index is 435. The summed E-state index contributed by atoms with van der Waals surface area (Å²) in [6, 6.07) is 5.12. The number of urea groups is 1. The van der Waals surface area contributed by atoms with E-state index in [0.717, 1.165) is 5.56 Å². The van der Waals surface area contributed by atoms with E-state index in [1.807, 2.05) is 0 Å². The molecule has 0 aromatic heterocycles. The van der Waals surface area contributed by atoms with Gasteiger partial charge in [-0.1, -0.05) is 12.1 Å². The molecule has 0 bridgehead atoms. The zero-order valence-corrected chi connectivity index (χ0v) is 11.0. The summed E-state index contributed by atoms with van der Waals surface area (Å²) >= 11 is 0. The quantitative estimate of drug-likeness (QED) is 0.820. The number of hydroxylamine groups is 1. The maximum Gasteiger partial charge on any atom is 0.422 e. The van der Waals surface area contributed by atoms with E-state index in [4.69, 9.17) is 0 Å². The average Bonchev–Trinajstić information content (AvgIpc) is 2.36. The van der Waals surface area contributed by atoms with Crippen molar-refractivity contribution in [3.8, 4) is 5.75 Å². The van der Waals surface area contributed by atoms with E-state index in [1.54, 1.807) is 19.1 Å². The monoisotopic (exact) mass is 292 g/mol. The normalized spacial score (nSPS) is 12.7. The van der Waals surface area contributed by atoms with E-state index in [-0.39, 0.29) is 11.8 Å². The minimum Gasteiger partial charge on any atom is -0.484 e. The molecule has 1 aromatic rings. The van der Waals surface area contributed by atoms with Crippen LogP contribution < -0.4 is 15.5 Å². The number of amides is 2. The molecular weight excluding hydrogens is 277 g/mol. The molecule has 0 saturated heterocycles. The van der Waals surface area contributed by atoms with Gasteiger partial charge in [0.2, 0.25) is 0 Å². The van der Waals surface area contributed by atoms with Crippen LogP contribution in [-0.4, -0.2) is 25.9 Å². The van der Waals surface area contributed by atoms with Crippen LogP contribution in [0.25, 0.3) is 0 Å². The molecule has 1 aromatic carbocycles. The second-order valence-electron chi connectivity index (χ2n) is 3.97. The fourth-order valence-corrected chi connectivity index (χ4v) is 1.42. The van der Waals surface area contributed by atoms with Crippen LogP contribution in [-0.2, 0) is 4.84 Å². The molecule has 5 nitrogen and oxygen atoms in total. The maximum atomic E-state index is 12.0. The first-order valence-electron chi connectivity index (χ1n) is 5.71. The highest BCUT2D eigenvalue weighted by atomic mass is 19.4. The van der Waals surface area contributed by atoms with Gasteiger partial charge in [-0.2, -0.15) is 13.2 Å². The minimum atomic E-state index is -4.37. The first-order valence-corrected chi connectivity index (χ1v) is 5.71. The highest BCUT2D eigenvalue weighted by Gasteiger charge is 2.28. The molecule has 0 heterocycles. The van der Waals surface area contributed by atoms with Gasteiger partial charge in [0.25, 0.3) is 0 Å². The molecule has 20 heavy (non-hydrogen) atoms. The van der Waals surface area contributed by atoms with Gasteiger partial charge >= 0.3 is 12.2 Å². The summed E-state index contributed by atoms with van der Waals surface area (Å²) in [5.41, 5.74) is 2.81. The van der Waals surface area contributed by atoms with Gasteiger partial charge in [-0.05, 0) is 24.6 Å². The van der Waals surface area contributed by atoms with Gasteiger partial charge in [-0.3, -0.25) is 4.84 Å². The van der Waals surface area contributed by atoms with Crippen molar-refractivity contribution in [1.82, 2.24) is 10.8 Å². The molecule has 1 rings (SSSR count). The fraction of sp³-hybridized carbons (Fsp3) is 0.417. The van der Waals surface area contributed by atoms with Gasteiger partial charge < -0.3 is 10.1 Å². The Morgan fingerprint density at radius 3 is 2.40 bits per heavy atom. The van der Waals surface area contributed by atoms with E-state index in [0.29, 0.717) is 0 Å². The van der Waals surface area contributed by atoms with E-state index in [9.17, 15) is 18.0 Å². The Hall–Kier alpha value is -1.96. The molecule has 0 unspecified atom stereocenters. The third-order valence-corrected chi connectivity index (χ3v) is 2.32. The Labute approximate surface area is 114 Å². The van der Waals surface area contributed by atoms with Crippen molar-refractivity contribution in [2.75, 3.05) is 13.7 Å². The van der Waals surface area contributed by atoms with E-state index in [2.05, 4.69) is 20.4 Å². The smallest absolute Gasteiger partial charge is 0.422 e. The van der Waals surface area contributed by atoms with Gasteiger partial charge in [-0.15, -0.1) is 0 Å². The fourth-order valence-electron chi connectivity index (χ4n) is 1.42. The van der Waals surface area contributed by atoms with E-state index < -0.39 is 18.8 Å². The van der Waals surface area contributed by atoms with Crippen molar-refractivity contribution in [3.63, 3.8) is 0 Å². The van der Waals surface area contributed by atoms with Crippen LogP contribution in [0.15, 0.2) is 24.3 Å². The summed E-state index contributed by atoms with van der Waals surface area (Å²) in [6.07, 6.45) is -4.37. The van der Waals surface area contributed by atoms with Gasteiger partial charge in [0.1, 0.15) is 5.75 Å². The van der Waals surface area contributed by atoms with E-state index in [1.165, 1.54) is 19.2 Å². The predicted octanol–water partition coefficient (Wildman–Crippen LogP) is 2.55. The number of ether oxygens (including phenoxy) is 1. The highest BCUT2D eigenvalue weighted by molar-refractivity contribution is 5.73. The maximum absolute atomic E-state index is 12.0. The Balaban J connectivity index is 2.55. The zero-order valence-electron chi connectivity index (χ0n) is 11.0. The third kappa shape index (κ3) is 5.79. The van der Waals surface area contributed by atoms with Crippen LogP contribution in [0, 0.1) is 0 Å². The van der Waals surface area contributed by atoms with Crippen LogP contribution in [0.5, 0.6) is 5.75 Å². The molecule has 0 fully saturated rings. The van der Waals surface area contributed by atoms with Crippen molar-refractivity contribution in [3.05, 3.63) is 29.8 Å².